The first kappa shape index (κ1) is 19.9. The number of carbonyl (C=O) groups is 1. The van der Waals surface area contributed by atoms with Gasteiger partial charge >= 0.3 is 0 Å². The van der Waals surface area contributed by atoms with Crippen LogP contribution in [0.5, 0.6) is 0 Å². The minimum Gasteiger partial charge on any atom is -0.384 e. The summed E-state index contributed by atoms with van der Waals surface area (Å²) in [6, 6.07) is 10.4. The van der Waals surface area contributed by atoms with Crippen LogP contribution < -0.4 is 21.9 Å². The van der Waals surface area contributed by atoms with Gasteiger partial charge in [0, 0.05) is 43.6 Å². The lowest BCUT2D eigenvalue weighted by Gasteiger charge is -2.26. The number of hydrogen-bond donors (Lipinski definition) is 4. The van der Waals surface area contributed by atoms with E-state index in [2.05, 4.69) is 25.5 Å². The number of morpholine rings is 1. The minimum atomic E-state index is -0.251. The number of ether oxygens (including phenoxy) is 1. The molecule has 0 saturated carbocycles. The van der Waals surface area contributed by atoms with Crippen LogP contribution in [0, 0.1) is 0 Å². The molecule has 4 rings (SSSR count). The molecule has 0 spiro atoms. The Morgan fingerprint density at radius 3 is 2.73 bits per heavy atom. The number of amides is 1. The van der Waals surface area contributed by atoms with Crippen LogP contribution in [-0.4, -0.2) is 60.2 Å². The molecule has 1 amide bonds. The van der Waals surface area contributed by atoms with Crippen LogP contribution in [0.25, 0.3) is 10.8 Å². The maximum atomic E-state index is 12.4. The number of nitrogens with zero attached hydrogens (tertiary/aromatic N) is 2. The molecule has 2 aromatic heterocycles. The predicted molar refractivity (Wildman–Crippen MR) is 116 cm³/mol. The molecular formula is C21H24N6O3. The van der Waals surface area contributed by atoms with Gasteiger partial charge in [-0.15, -0.1) is 0 Å². The molecule has 0 bridgehead atoms. The van der Waals surface area contributed by atoms with E-state index >= 15 is 0 Å². The number of hydrogen-bond acceptors (Lipinski definition) is 7. The van der Waals surface area contributed by atoms with Crippen LogP contribution in [0.4, 0.5) is 17.3 Å². The fraction of sp³-hybridized carbons (Fsp3) is 0.286. The summed E-state index contributed by atoms with van der Waals surface area (Å²) in [5, 5.41) is 7.18. The lowest BCUT2D eigenvalue weighted by atomic mass is 10.1. The van der Waals surface area contributed by atoms with Crippen molar-refractivity contribution in [2.75, 3.05) is 50.4 Å². The van der Waals surface area contributed by atoms with Gasteiger partial charge in [-0.3, -0.25) is 14.5 Å². The van der Waals surface area contributed by atoms with E-state index < -0.39 is 0 Å². The van der Waals surface area contributed by atoms with Crippen molar-refractivity contribution in [3.8, 4) is 0 Å². The number of aromatic amines is 1. The van der Waals surface area contributed by atoms with Crippen molar-refractivity contribution in [3.63, 3.8) is 0 Å². The Labute approximate surface area is 173 Å². The van der Waals surface area contributed by atoms with E-state index in [9.17, 15) is 9.59 Å². The predicted octanol–water partition coefficient (Wildman–Crippen LogP) is 1.31. The third-order valence-corrected chi connectivity index (χ3v) is 5.00. The Bertz CT molecular complexity index is 1090. The molecule has 1 aliphatic heterocycles. The summed E-state index contributed by atoms with van der Waals surface area (Å²) >= 11 is 0. The van der Waals surface area contributed by atoms with Crippen LogP contribution >= 0.6 is 0 Å². The van der Waals surface area contributed by atoms with Gasteiger partial charge in [0.25, 0.3) is 11.5 Å². The van der Waals surface area contributed by atoms with Crippen LogP contribution in [0.3, 0.4) is 0 Å². The maximum absolute atomic E-state index is 12.4. The van der Waals surface area contributed by atoms with Gasteiger partial charge in [-0.05, 0) is 41.8 Å². The van der Waals surface area contributed by atoms with Crippen LogP contribution in [0.2, 0.25) is 0 Å². The Morgan fingerprint density at radius 2 is 1.97 bits per heavy atom. The van der Waals surface area contributed by atoms with E-state index in [0.717, 1.165) is 32.8 Å². The molecule has 9 nitrogen and oxygen atoms in total. The topological polar surface area (TPSA) is 125 Å². The molecule has 9 heteroatoms. The van der Waals surface area contributed by atoms with Crippen LogP contribution in [-0.2, 0) is 4.74 Å². The first-order valence-corrected chi connectivity index (χ1v) is 9.83. The summed E-state index contributed by atoms with van der Waals surface area (Å²) in [4.78, 5) is 33.8. The van der Waals surface area contributed by atoms with Gasteiger partial charge in [0.15, 0.2) is 0 Å². The van der Waals surface area contributed by atoms with Gasteiger partial charge in [0.05, 0.1) is 18.6 Å². The highest BCUT2D eigenvalue weighted by Crippen LogP contribution is 2.23. The van der Waals surface area contributed by atoms with E-state index in [1.165, 1.54) is 0 Å². The smallest absolute Gasteiger partial charge is 0.259 e. The number of aromatic nitrogens is 2. The van der Waals surface area contributed by atoms with E-state index in [1.807, 2.05) is 0 Å². The van der Waals surface area contributed by atoms with Crippen molar-refractivity contribution in [1.82, 2.24) is 20.2 Å². The third-order valence-electron chi connectivity index (χ3n) is 5.00. The van der Waals surface area contributed by atoms with Gasteiger partial charge in [-0.1, -0.05) is 0 Å². The van der Waals surface area contributed by atoms with Crippen LogP contribution in [0.1, 0.15) is 10.4 Å². The molecule has 5 N–H and O–H groups in total. The standard InChI is InChI=1S/C21H24N6O3/c22-17-13-15-5-6-23-21(29)18(15)19(26-17)25-16-3-1-14(2-4-16)20(28)24-7-8-27-9-11-30-12-10-27/h1-6,13H,7-12H2,(H,23,29)(H,24,28)(H3,22,25,26). The third kappa shape index (κ3) is 4.58. The number of pyridine rings is 2. The zero-order valence-corrected chi connectivity index (χ0v) is 16.5. The van der Waals surface area contributed by atoms with Crippen molar-refractivity contribution in [2.45, 2.75) is 0 Å². The molecule has 3 heterocycles. The highest BCUT2D eigenvalue weighted by atomic mass is 16.5. The minimum absolute atomic E-state index is 0.126. The summed E-state index contributed by atoms with van der Waals surface area (Å²) in [5.41, 5.74) is 6.87. The first-order chi connectivity index (χ1) is 14.6. The highest BCUT2D eigenvalue weighted by molar-refractivity contribution is 5.96. The van der Waals surface area contributed by atoms with Crippen molar-refractivity contribution < 1.29 is 9.53 Å². The Balaban J connectivity index is 1.41. The van der Waals surface area contributed by atoms with E-state index in [1.54, 1.807) is 42.6 Å². The number of benzene rings is 1. The second kappa shape index (κ2) is 8.93. The summed E-state index contributed by atoms with van der Waals surface area (Å²) < 4.78 is 5.32. The average Bonchev–Trinajstić information content (AvgIpc) is 2.74. The number of nitrogens with one attached hydrogen (secondary N) is 3. The van der Waals surface area contributed by atoms with E-state index in [0.29, 0.717) is 40.2 Å². The number of carbonyl (C=O) groups excluding carboxylic acids is 1. The second-order valence-corrected chi connectivity index (χ2v) is 7.08. The molecule has 156 valence electrons. The molecule has 1 fully saturated rings. The van der Waals surface area contributed by atoms with Gasteiger partial charge in [-0.2, -0.15) is 0 Å². The summed E-state index contributed by atoms with van der Waals surface area (Å²) in [5.74, 6) is 0.556. The maximum Gasteiger partial charge on any atom is 0.259 e. The molecule has 1 aliphatic rings. The van der Waals surface area contributed by atoms with Crippen molar-refractivity contribution >= 4 is 34.0 Å². The van der Waals surface area contributed by atoms with Crippen molar-refractivity contribution in [3.05, 3.63) is 58.5 Å². The Kier molecular flexibility index (Phi) is 5.92. The van der Waals surface area contributed by atoms with Gasteiger partial charge in [-0.25, -0.2) is 4.98 Å². The molecule has 3 aromatic rings. The van der Waals surface area contributed by atoms with Gasteiger partial charge < -0.3 is 26.1 Å². The van der Waals surface area contributed by atoms with E-state index in [4.69, 9.17) is 10.5 Å². The number of nitrogens with two attached hydrogens (primary N) is 1. The lowest BCUT2D eigenvalue weighted by molar-refractivity contribution is 0.0383. The second-order valence-electron chi connectivity index (χ2n) is 7.08. The van der Waals surface area contributed by atoms with Crippen molar-refractivity contribution in [1.29, 1.82) is 0 Å². The zero-order chi connectivity index (χ0) is 20.9. The summed E-state index contributed by atoms with van der Waals surface area (Å²) in [6.07, 6.45) is 1.57. The fourth-order valence-corrected chi connectivity index (χ4v) is 3.42. The summed E-state index contributed by atoms with van der Waals surface area (Å²) in [7, 11) is 0. The Morgan fingerprint density at radius 1 is 1.20 bits per heavy atom. The SMILES string of the molecule is Nc1cc2cc[nH]c(=O)c2c(Nc2ccc(C(=O)NCCN3CCOCC3)cc2)n1. The van der Waals surface area contributed by atoms with Gasteiger partial charge in [0.1, 0.15) is 11.6 Å². The molecular weight excluding hydrogens is 384 g/mol. The first-order valence-electron chi connectivity index (χ1n) is 9.83. The number of fused-ring (bicyclic) bond motifs is 1. The quantitative estimate of drug-likeness (QED) is 0.485. The fourth-order valence-electron chi connectivity index (χ4n) is 3.42. The van der Waals surface area contributed by atoms with Crippen LogP contribution in [0.15, 0.2) is 47.4 Å². The molecule has 0 aliphatic carbocycles. The van der Waals surface area contributed by atoms with Gasteiger partial charge in [0.2, 0.25) is 0 Å². The molecule has 0 atom stereocenters. The Hall–Kier alpha value is -3.43. The normalized spacial score (nSPS) is 14.5. The molecule has 1 saturated heterocycles. The van der Waals surface area contributed by atoms with E-state index in [-0.39, 0.29) is 11.5 Å². The highest BCUT2D eigenvalue weighted by Gasteiger charge is 2.12. The summed E-state index contributed by atoms with van der Waals surface area (Å²) in [6.45, 7) is 4.66. The lowest BCUT2D eigenvalue weighted by Crippen LogP contribution is -2.41. The number of nitrogen functional groups attached to an aromatic ring is 1. The molecule has 1 aromatic carbocycles. The molecule has 0 unspecified atom stereocenters. The number of H-pyrrole nitrogens is 1. The van der Waals surface area contributed by atoms with Crippen molar-refractivity contribution in [2.24, 2.45) is 0 Å². The monoisotopic (exact) mass is 408 g/mol. The number of rotatable bonds is 6. The molecule has 0 radical (unpaired) electrons. The molecule has 30 heavy (non-hydrogen) atoms. The average molecular weight is 408 g/mol. The number of anilines is 3. The zero-order valence-electron chi connectivity index (χ0n) is 16.5. The largest absolute Gasteiger partial charge is 0.384 e.